The molecule has 0 aromatic heterocycles. The number of nitrogens with zero attached hydrogens (tertiary/aromatic N) is 1. The van der Waals surface area contributed by atoms with Crippen molar-refractivity contribution in [1.29, 1.82) is 0 Å². The molecule has 1 aliphatic heterocycles. The Kier molecular flexibility index (Phi) is 3.87. The van der Waals surface area contributed by atoms with Crippen molar-refractivity contribution in [2.75, 3.05) is 6.54 Å². The molecule has 3 heteroatoms. The van der Waals surface area contributed by atoms with E-state index in [1.807, 2.05) is 17.2 Å². The molecule has 0 saturated heterocycles. The molecule has 1 heterocycles. The van der Waals surface area contributed by atoms with Gasteiger partial charge in [0.25, 0.3) is 0 Å². The second-order valence-electron chi connectivity index (χ2n) is 4.57. The normalized spacial score (nSPS) is 18.7. The highest BCUT2D eigenvalue weighted by atomic mass is 35.5. The van der Waals surface area contributed by atoms with E-state index in [2.05, 4.69) is 19.9 Å². The van der Waals surface area contributed by atoms with Crippen molar-refractivity contribution >= 4 is 17.4 Å². The fourth-order valence-corrected chi connectivity index (χ4v) is 2.10. The van der Waals surface area contributed by atoms with Crippen molar-refractivity contribution in [2.24, 2.45) is 0 Å². The molecule has 1 aliphatic rings. The summed E-state index contributed by atoms with van der Waals surface area (Å²) in [6, 6.07) is 7.28. The molecule has 1 aromatic rings. The average molecular weight is 262 g/mol. The lowest BCUT2D eigenvalue weighted by Gasteiger charge is -2.28. The van der Waals surface area contributed by atoms with Crippen LogP contribution < -0.4 is 0 Å². The molecule has 2 nitrogen and oxygen atoms in total. The van der Waals surface area contributed by atoms with Crippen molar-refractivity contribution in [3.63, 3.8) is 0 Å². The number of hydrogen-bond acceptors (Lipinski definition) is 2. The highest BCUT2D eigenvalue weighted by molar-refractivity contribution is 6.30. The first-order valence-electron chi connectivity index (χ1n) is 5.97. The Morgan fingerprint density at radius 3 is 2.61 bits per heavy atom. The van der Waals surface area contributed by atoms with E-state index in [0.29, 0.717) is 17.1 Å². The summed E-state index contributed by atoms with van der Waals surface area (Å²) in [5.74, 6) is 0.108. The maximum atomic E-state index is 12.1. The first-order valence-corrected chi connectivity index (χ1v) is 6.35. The highest BCUT2D eigenvalue weighted by Crippen LogP contribution is 2.15. The third-order valence-corrected chi connectivity index (χ3v) is 3.30. The van der Waals surface area contributed by atoms with Crippen LogP contribution in [0.15, 0.2) is 48.2 Å². The number of rotatable bonds is 3. The van der Waals surface area contributed by atoms with Gasteiger partial charge in [-0.15, -0.1) is 0 Å². The Morgan fingerprint density at radius 1 is 1.33 bits per heavy atom. The van der Waals surface area contributed by atoms with Crippen molar-refractivity contribution < 1.29 is 4.79 Å². The summed E-state index contributed by atoms with van der Waals surface area (Å²) in [5.41, 5.74) is 1.93. The van der Waals surface area contributed by atoms with Gasteiger partial charge in [-0.2, -0.15) is 0 Å². The van der Waals surface area contributed by atoms with Crippen LogP contribution in [0.25, 0.3) is 0 Å². The van der Waals surface area contributed by atoms with E-state index in [1.54, 1.807) is 24.3 Å². The van der Waals surface area contributed by atoms with Crippen LogP contribution in [-0.4, -0.2) is 23.3 Å². The van der Waals surface area contributed by atoms with Gasteiger partial charge >= 0.3 is 0 Å². The summed E-state index contributed by atoms with van der Waals surface area (Å²) in [5, 5.41) is 0.649. The maximum absolute atomic E-state index is 12.1. The fourth-order valence-electron chi connectivity index (χ4n) is 1.97. The van der Waals surface area contributed by atoms with Crippen LogP contribution in [0.4, 0.5) is 0 Å². The smallest absolute Gasteiger partial charge is 0.182 e. The van der Waals surface area contributed by atoms with Crippen molar-refractivity contribution in [3.05, 3.63) is 58.8 Å². The number of halogens is 1. The van der Waals surface area contributed by atoms with Gasteiger partial charge in [-0.1, -0.05) is 23.3 Å². The number of Topliss-reactive ketones (excluding diaryl/α,β-unsaturated/α-hetero) is 1. The van der Waals surface area contributed by atoms with Gasteiger partial charge in [-0.3, -0.25) is 4.79 Å². The lowest BCUT2D eigenvalue weighted by atomic mass is 10.1. The van der Waals surface area contributed by atoms with Gasteiger partial charge in [0.05, 0.1) is 6.54 Å². The number of benzene rings is 1. The van der Waals surface area contributed by atoms with Crippen molar-refractivity contribution in [2.45, 2.75) is 19.9 Å². The molecule has 0 saturated carbocycles. The minimum Gasteiger partial charge on any atom is -0.364 e. The molecule has 0 fully saturated rings. The van der Waals surface area contributed by atoms with Gasteiger partial charge in [0.2, 0.25) is 0 Å². The van der Waals surface area contributed by atoms with E-state index in [-0.39, 0.29) is 11.8 Å². The van der Waals surface area contributed by atoms with Crippen LogP contribution in [0.3, 0.4) is 0 Å². The Balaban J connectivity index is 2.04. The van der Waals surface area contributed by atoms with Gasteiger partial charge in [0.1, 0.15) is 0 Å². The molecule has 0 amide bonds. The highest BCUT2D eigenvalue weighted by Gasteiger charge is 2.15. The van der Waals surface area contributed by atoms with Crippen LogP contribution in [0.2, 0.25) is 5.02 Å². The third kappa shape index (κ3) is 3.02. The Hall–Kier alpha value is -1.54. The van der Waals surface area contributed by atoms with Crippen LogP contribution in [0.1, 0.15) is 24.2 Å². The summed E-state index contributed by atoms with van der Waals surface area (Å²) in [6.07, 6.45) is 6.15. The first-order chi connectivity index (χ1) is 8.56. The molecular formula is C15H16ClNO. The molecule has 1 aromatic carbocycles. The summed E-state index contributed by atoms with van der Waals surface area (Å²) in [7, 11) is 0. The van der Waals surface area contributed by atoms with Crippen molar-refractivity contribution in [3.8, 4) is 0 Å². The molecule has 0 radical (unpaired) electrons. The zero-order valence-electron chi connectivity index (χ0n) is 10.6. The first kappa shape index (κ1) is 12.9. The molecular weight excluding hydrogens is 246 g/mol. The molecule has 1 atom stereocenters. The number of ketones is 1. The fraction of sp³-hybridized carbons (Fsp3) is 0.267. The Bertz CT molecular complexity index is 502. The van der Waals surface area contributed by atoms with E-state index in [0.717, 1.165) is 0 Å². The van der Waals surface area contributed by atoms with Gasteiger partial charge < -0.3 is 4.90 Å². The van der Waals surface area contributed by atoms with Gasteiger partial charge in [-0.25, -0.2) is 0 Å². The van der Waals surface area contributed by atoms with Crippen LogP contribution in [-0.2, 0) is 0 Å². The van der Waals surface area contributed by atoms with Crippen LogP contribution in [0.5, 0.6) is 0 Å². The van der Waals surface area contributed by atoms with E-state index in [9.17, 15) is 4.79 Å². The average Bonchev–Trinajstić information content (AvgIpc) is 2.33. The minimum atomic E-state index is 0.108. The quantitative estimate of drug-likeness (QED) is 0.774. The van der Waals surface area contributed by atoms with E-state index >= 15 is 0 Å². The second-order valence-corrected chi connectivity index (χ2v) is 5.01. The Labute approximate surface area is 113 Å². The summed E-state index contributed by atoms with van der Waals surface area (Å²) < 4.78 is 0. The number of carbonyl (C=O) groups is 1. The van der Waals surface area contributed by atoms with E-state index in [1.165, 1.54) is 5.57 Å². The number of carbonyl (C=O) groups excluding carboxylic acids is 1. The number of allylic oxidation sites excluding steroid dienone is 2. The van der Waals surface area contributed by atoms with E-state index in [4.69, 9.17) is 11.6 Å². The van der Waals surface area contributed by atoms with Gasteiger partial charge in [-0.05, 0) is 44.2 Å². The minimum absolute atomic E-state index is 0.108. The molecule has 0 aliphatic carbocycles. The summed E-state index contributed by atoms with van der Waals surface area (Å²) >= 11 is 5.81. The van der Waals surface area contributed by atoms with Crippen molar-refractivity contribution in [1.82, 2.24) is 4.90 Å². The molecule has 0 bridgehead atoms. The molecule has 2 rings (SSSR count). The van der Waals surface area contributed by atoms with Gasteiger partial charge in [0.15, 0.2) is 5.78 Å². The Morgan fingerprint density at radius 2 is 2.00 bits per heavy atom. The van der Waals surface area contributed by atoms with Crippen LogP contribution in [0, 0.1) is 0 Å². The largest absolute Gasteiger partial charge is 0.364 e. The van der Waals surface area contributed by atoms with E-state index < -0.39 is 0 Å². The van der Waals surface area contributed by atoms with Gasteiger partial charge in [0, 0.05) is 22.8 Å². The lowest BCUT2D eigenvalue weighted by Crippen LogP contribution is -2.33. The monoisotopic (exact) mass is 261 g/mol. The molecule has 0 N–H and O–H groups in total. The molecule has 0 spiro atoms. The predicted molar refractivity (Wildman–Crippen MR) is 74.8 cm³/mol. The zero-order valence-corrected chi connectivity index (χ0v) is 11.3. The maximum Gasteiger partial charge on any atom is 0.182 e. The standard InChI is InChI=1S/C15H16ClNO/c1-11-7-8-17(12(2)9-11)10-15(18)13-3-5-14(16)6-4-13/h3-9,12H,10H2,1-2H3. The topological polar surface area (TPSA) is 20.3 Å². The summed E-state index contributed by atoms with van der Waals surface area (Å²) in [4.78, 5) is 14.1. The summed E-state index contributed by atoms with van der Waals surface area (Å²) in [6.45, 7) is 4.54. The molecule has 94 valence electrons. The molecule has 18 heavy (non-hydrogen) atoms. The number of hydrogen-bond donors (Lipinski definition) is 0. The second kappa shape index (κ2) is 5.40. The molecule has 1 unspecified atom stereocenters. The zero-order chi connectivity index (χ0) is 13.1. The third-order valence-electron chi connectivity index (χ3n) is 3.05. The lowest BCUT2D eigenvalue weighted by molar-refractivity contribution is 0.0946. The predicted octanol–water partition coefficient (Wildman–Crippen LogP) is 3.69. The van der Waals surface area contributed by atoms with Crippen LogP contribution >= 0.6 is 11.6 Å². The SMILES string of the molecule is CC1=CC(C)N(CC(=O)c2ccc(Cl)cc2)C=C1.